The number of Topliss-reactive ketones (excluding diaryl/α,β-unsaturated/α-hetero) is 1. The van der Waals surface area contributed by atoms with E-state index in [0.29, 0.717) is 24.0 Å². The number of allylic oxidation sites excluding steroid dienone is 1. The Morgan fingerprint density at radius 1 is 0.742 bits per heavy atom. The molecule has 0 saturated carbocycles. The molecule has 5 rings (SSSR count). The van der Waals surface area contributed by atoms with Gasteiger partial charge in [-0.3, -0.25) is 14.4 Å². The molecule has 0 bridgehead atoms. The molecule has 0 aliphatic heterocycles. The number of hydrogen-bond donors (Lipinski definition) is 1. The van der Waals surface area contributed by atoms with Crippen LogP contribution < -0.4 is 19.7 Å². The van der Waals surface area contributed by atoms with Crippen molar-refractivity contribution in [1.82, 2.24) is 5.32 Å². The summed E-state index contributed by atoms with van der Waals surface area (Å²) in [7, 11) is 6.73. The summed E-state index contributed by atoms with van der Waals surface area (Å²) >= 11 is 0. The highest BCUT2D eigenvalue weighted by Gasteiger charge is 2.28. The third-order valence-corrected chi connectivity index (χ3v) is 8.64. The van der Waals surface area contributed by atoms with Crippen molar-refractivity contribution in [2.75, 3.05) is 39.9 Å². The lowest BCUT2D eigenvalue weighted by atomic mass is 9.96. The first kappa shape index (κ1) is 60.1. The van der Waals surface area contributed by atoms with E-state index in [4.69, 9.17) is 23.9 Å². The molecule has 1 aliphatic rings. The zero-order valence-electron chi connectivity index (χ0n) is 39.4. The van der Waals surface area contributed by atoms with Crippen molar-refractivity contribution < 1.29 is 43.0 Å². The van der Waals surface area contributed by atoms with Crippen molar-refractivity contribution in [1.29, 1.82) is 0 Å². The molecule has 0 fully saturated rings. The molecule has 1 aliphatic carbocycles. The number of carbonyl (C=O) groups is 6. The summed E-state index contributed by atoms with van der Waals surface area (Å²) in [6.45, 7) is 31.4. The largest absolute Gasteiger partial charge is 0.497 e. The van der Waals surface area contributed by atoms with Crippen LogP contribution in [0.2, 0.25) is 0 Å². The molecule has 0 aromatic heterocycles. The lowest BCUT2D eigenvalue weighted by molar-refractivity contribution is -0.119. The number of nitrogens with zero attached hydrogens (tertiary/aromatic N) is 1. The molecule has 1 N–H and O–H groups in total. The zero-order chi connectivity index (χ0) is 48.5. The second kappa shape index (κ2) is 34.5. The Hall–Kier alpha value is -6.20. The second-order valence-corrected chi connectivity index (χ2v) is 13.9. The standard InChI is InChI=1S/C19H20NO2.C11H16O.C10H14O.C6H9NO.C2H6O.3CH2O/c1-5-6-18(22)20(4)13-7-8-14-16-10-15(16)11(2)19(12(3)21)17(14)9-13;1-4-12-11-7-5-10(6-8-11)9(2)3;1-8(2)9-4-6-10(11-3)7-5-9;1-4-5(2)7-6(3)8;1-3-2;3*1-2/h7-10H,5-6H2,1-4H3;5-9H,4H2,1-3H3;4-8H,1-3H3;4H,1-2H2,3H3,(H,7,8);1-2H3;3*1H2. The molecular weight excluding hydrogens is 785 g/mol. The number of amides is 2. The summed E-state index contributed by atoms with van der Waals surface area (Å²) in [4.78, 5) is 60.0. The molecule has 4 aromatic rings. The normalized spacial score (nSPS) is 9.60. The van der Waals surface area contributed by atoms with Crippen LogP contribution in [0.5, 0.6) is 11.5 Å². The van der Waals surface area contributed by atoms with Gasteiger partial charge in [0.1, 0.15) is 31.9 Å². The quantitative estimate of drug-likeness (QED) is 0.101. The first-order chi connectivity index (χ1) is 29.5. The van der Waals surface area contributed by atoms with E-state index in [1.54, 1.807) is 40.2 Å². The third kappa shape index (κ3) is 21.9. The lowest BCUT2D eigenvalue weighted by Gasteiger charge is -2.18. The number of rotatable bonds is 11. The summed E-state index contributed by atoms with van der Waals surface area (Å²) in [5.74, 6) is 3.14. The number of ether oxygens (including phenoxy) is 3. The SMILES string of the molecule is C=CC(=C)NC(C)=O.C=O.C=O.C=O.CCCC(=O)N(C)c1ccc2c3c(c(C)c(C(C)=O)c2c1)[CH]3.CCOc1ccc(C(C)C)cc1.COC.COc1ccc(C(C)C)cc1. The molecule has 2 amide bonds. The maximum absolute atomic E-state index is 12.1. The van der Waals surface area contributed by atoms with Crippen LogP contribution in [0.1, 0.15) is 118 Å². The van der Waals surface area contributed by atoms with Crippen LogP contribution in [0, 0.1) is 13.3 Å². The molecule has 11 heteroatoms. The molecule has 339 valence electrons. The van der Waals surface area contributed by atoms with Crippen molar-refractivity contribution in [2.45, 2.75) is 87.0 Å². The highest BCUT2D eigenvalue weighted by Crippen LogP contribution is 2.44. The van der Waals surface area contributed by atoms with Gasteiger partial charge in [-0.05, 0) is 120 Å². The number of hydrogen-bond acceptors (Lipinski definition) is 9. The van der Waals surface area contributed by atoms with Gasteiger partial charge in [-0.15, -0.1) is 0 Å². The van der Waals surface area contributed by atoms with Gasteiger partial charge in [0.25, 0.3) is 0 Å². The molecule has 4 aromatic carbocycles. The van der Waals surface area contributed by atoms with E-state index in [9.17, 15) is 14.4 Å². The van der Waals surface area contributed by atoms with Crippen LogP contribution >= 0.6 is 0 Å². The Kier molecular flexibility index (Phi) is 33.5. The minimum Gasteiger partial charge on any atom is -0.497 e. The molecule has 0 unspecified atom stereocenters. The molecule has 62 heavy (non-hydrogen) atoms. The number of nitrogens with one attached hydrogen (secondary N) is 1. The van der Waals surface area contributed by atoms with Gasteiger partial charge in [-0.2, -0.15) is 0 Å². The van der Waals surface area contributed by atoms with Gasteiger partial charge in [0.05, 0.1) is 13.7 Å². The van der Waals surface area contributed by atoms with Crippen molar-refractivity contribution in [3.63, 3.8) is 0 Å². The summed E-state index contributed by atoms with van der Waals surface area (Å²) in [6, 6.07) is 22.4. The van der Waals surface area contributed by atoms with Gasteiger partial charge in [0.2, 0.25) is 11.8 Å². The summed E-state index contributed by atoms with van der Waals surface area (Å²) < 4.78 is 14.6. The summed E-state index contributed by atoms with van der Waals surface area (Å²) in [5.41, 5.74) is 8.35. The fourth-order valence-electron chi connectivity index (χ4n) is 5.52. The van der Waals surface area contributed by atoms with Gasteiger partial charge in [-0.1, -0.05) is 78.1 Å². The maximum Gasteiger partial charge on any atom is 0.226 e. The maximum atomic E-state index is 12.1. The Bertz CT molecular complexity index is 1930. The predicted octanol–water partition coefficient (Wildman–Crippen LogP) is 10.6. The molecule has 0 heterocycles. The summed E-state index contributed by atoms with van der Waals surface area (Å²) in [5, 5.41) is 4.49. The van der Waals surface area contributed by atoms with Crippen molar-refractivity contribution in [2.24, 2.45) is 0 Å². The van der Waals surface area contributed by atoms with E-state index in [1.165, 1.54) is 35.3 Å². The van der Waals surface area contributed by atoms with Gasteiger partial charge >= 0.3 is 0 Å². The molecule has 0 atom stereocenters. The van der Waals surface area contributed by atoms with Crippen molar-refractivity contribution >= 4 is 54.4 Å². The van der Waals surface area contributed by atoms with Crippen LogP contribution in [0.4, 0.5) is 5.69 Å². The monoisotopic (exact) mass is 856 g/mol. The second-order valence-electron chi connectivity index (χ2n) is 13.9. The van der Waals surface area contributed by atoms with Gasteiger partial charge in [0.15, 0.2) is 5.78 Å². The van der Waals surface area contributed by atoms with E-state index in [2.05, 4.69) is 81.6 Å². The van der Waals surface area contributed by atoms with Crippen LogP contribution in [-0.2, 0) is 28.7 Å². The average molecular weight is 856 g/mol. The number of anilines is 1. The van der Waals surface area contributed by atoms with Crippen LogP contribution in [-0.4, -0.2) is 72.9 Å². The van der Waals surface area contributed by atoms with Crippen LogP contribution in [0.15, 0.2) is 91.7 Å². The van der Waals surface area contributed by atoms with Crippen molar-refractivity contribution in [3.05, 3.63) is 131 Å². The Morgan fingerprint density at radius 2 is 1.21 bits per heavy atom. The minimum absolute atomic E-state index is 0.0743. The van der Waals surface area contributed by atoms with E-state index in [0.717, 1.165) is 52.1 Å². The highest BCUT2D eigenvalue weighted by molar-refractivity contribution is 6.13. The third-order valence-electron chi connectivity index (χ3n) is 8.64. The lowest BCUT2D eigenvalue weighted by Crippen LogP contribution is -2.25. The van der Waals surface area contributed by atoms with Gasteiger partial charge in [0, 0.05) is 58.0 Å². The molecule has 1 radical (unpaired) electrons. The number of methoxy groups -OCH3 is 2. The molecule has 0 spiro atoms. The number of fused-ring (bicyclic) bond motifs is 3. The minimum atomic E-state index is -0.116. The molecule has 0 saturated heterocycles. The van der Waals surface area contributed by atoms with E-state index in [-0.39, 0.29) is 17.6 Å². The fraction of sp³-hybridized carbons (Fsp3) is 0.353. The Morgan fingerprint density at radius 3 is 1.56 bits per heavy atom. The first-order valence-electron chi connectivity index (χ1n) is 20.0. The Labute approximate surface area is 371 Å². The van der Waals surface area contributed by atoms with E-state index < -0.39 is 0 Å². The highest BCUT2D eigenvalue weighted by atomic mass is 16.5. The van der Waals surface area contributed by atoms with Crippen LogP contribution in [0.3, 0.4) is 0 Å². The fourth-order valence-corrected chi connectivity index (χ4v) is 5.52. The molecular formula is C51H71N2O9. The average Bonchev–Trinajstić information content (AvgIpc) is 4.09. The zero-order valence-corrected chi connectivity index (χ0v) is 39.4. The van der Waals surface area contributed by atoms with E-state index in [1.807, 2.05) is 83.6 Å². The van der Waals surface area contributed by atoms with Gasteiger partial charge in [-0.25, -0.2) is 0 Å². The topological polar surface area (TPSA) is 145 Å². The van der Waals surface area contributed by atoms with E-state index >= 15 is 0 Å². The van der Waals surface area contributed by atoms with Crippen LogP contribution in [0.25, 0.3) is 10.8 Å². The number of benzene rings is 4. The smallest absolute Gasteiger partial charge is 0.226 e. The summed E-state index contributed by atoms with van der Waals surface area (Å²) in [6.07, 6.45) is 4.97. The molecule has 11 nitrogen and oxygen atoms in total. The number of ketones is 1. The van der Waals surface area contributed by atoms with Gasteiger partial charge < -0.3 is 38.8 Å². The number of carbonyl (C=O) groups excluding carboxylic acids is 6. The van der Waals surface area contributed by atoms with Crippen molar-refractivity contribution in [3.8, 4) is 11.5 Å². The predicted molar refractivity (Wildman–Crippen MR) is 256 cm³/mol. The Balaban J connectivity index is -0.000000749. The first-order valence-corrected chi connectivity index (χ1v) is 20.0.